The summed E-state index contributed by atoms with van der Waals surface area (Å²) in [5, 5.41) is 23.1. The number of aliphatic hydroxyl groups excluding tert-OH is 1. The van der Waals surface area contributed by atoms with Crippen molar-refractivity contribution in [2.75, 3.05) is 19.8 Å². The molecule has 6 nitrogen and oxygen atoms in total. The van der Waals surface area contributed by atoms with Crippen LogP contribution in [0.15, 0.2) is 24.3 Å². The van der Waals surface area contributed by atoms with E-state index in [4.69, 9.17) is 4.74 Å². The number of ether oxygens (including phenoxy) is 1. The van der Waals surface area contributed by atoms with Crippen LogP contribution in [0, 0.1) is 10.1 Å². The topological polar surface area (TPSA) is 84.6 Å². The predicted molar refractivity (Wildman–Crippen MR) is 67.3 cm³/mol. The van der Waals surface area contributed by atoms with Gasteiger partial charge < -0.3 is 15.2 Å². The summed E-state index contributed by atoms with van der Waals surface area (Å²) >= 11 is 0. The lowest BCUT2D eigenvalue weighted by Crippen LogP contribution is -2.30. The highest BCUT2D eigenvalue weighted by Crippen LogP contribution is 2.12. The molecule has 0 aliphatic carbocycles. The van der Waals surface area contributed by atoms with Crippen LogP contribution in [0.3, 0.4) is 0 Å². The summed E-state index contributed by atoms with van der Waals surface area (Å²) in [6.45, 7) is 3.59. The van der Waals surface area contributed by atoms with E-state index < -0.39 is 11.0 Å². The number of benzene rings is 1. The number of nitrogens with zero attached hydrogens (tertiary/aromatic N) is 1. The molecule has 0 bridgehead atoms. The van der Waals surface area contributed by atoms with E-state index in [0.29, 0.717) is 26.3 Å². The number of hydrogen-bond donors (Lipinski definition) is 2. The number of rotatable bonds is 8. The Morgan fingerprint density at radius 3 is 3.00 bits per heavy atom. The summed E-state index contributed by atoms with van der Waals surface area (Å²) in [5.74, 6) is 0. The summed E-state index contributed by atoms with van der Waals surface area (Å²) in [6.07, 6.45) is -0.566. The first-order valence-corrected chi connectivity index (χ1v) is 5.83. The third kappa shape index (κ3) is 5.22. The van der Waals surface area contributed by atoms with Gasteiger partial charge in [0.1, 0.15) is 0 Å². The molecule has 100 valence electrons. The molecule has 1 unspecified atom stereocenters. The van der Waals surface area contributed by atoms with Gasteiger partial charge in [0.05, 0.1) is 17.6 Å². The van der Waals surface area contributed by atoms with E-state index in [1.54, 1.807) is 12.1 Å². The normalized spacial score (nSPS) is 12.3. The number of hydrogen-bond acceptors (Lipinski definition) is 5. The average Bonchev–Trinajstić information content (AvgIpc) is 2.36. The smallest absolute Gasteiger partial charge is 0.269 e. The largest absolute Gasteiger partial charge is 0.389 e. The van der Waals surface area contributed by atoms with E-state index in [9.17, 15) is 15.2 Å². The standard InChI is InChI=1S/C12H18N2O4/c1-2-18-9-12(15)8-13-7-10-4-3-5-11(6-10)14(16)17/h3-6,12-13,15H,2,7-9H2,1H3. The van der Waals surface area contributed by atoms with Gasteiger partial charge in [-0.15, -0.1) is 0 Å². The summed E-state index contributed by atoms with van der Waals surface area (Å²) in [4.78, 5) is 10.2. The molecular formula is C12H18N2O4. The van der Waals surface area contributed by atoms with E-state index in [0.717, 1.165) is 5.56 Å². The fourth-order valence-corrected chi connectivity index (χ4v) is 1.48. The molecule has 0 saturated heterocycles. The van der Waals surface area contributed by atoms with Crippen LogP contribution in [0.2, 0.25) is 0 Å². The Morgan fingerprint density at radius 2 is 2.33 bits per heavy atom. The van der Waals surface area contributed by atoms with Gasteiger partial charge in [0, 0.05) is 31.8 Å². The molecule has 0 fully saturated rings. The molecule has 0 saturated carbocycles. The molecule has 1 aromatic rings. The molecule has 0 aliphatic rings. The Balaban J connectivity index is 2.35. The zero-order valence-electron chi connectivity index (χ0n) is 10.3. The average molecular weight is 254 g/mol. The van der Waals surface area contributed by atoms with E-state index in [1.807, 2.05) is 6.92 Å². The van der Waals surface area contributed by atoms with Crippen molar-refractivity contribution >= 4 is 5.69 Å². The molecule has 1 aromatic carbocycles. The molecule has 0 heterocycles. The summed E-state index contributed by atoms with van der Waals surface area (Å²) in [5.41, 5.74) is 0.886. The summed E-state index contributed by atoms with van der Waals surface area (Å²) in [6, 6.07) is 6.41. The number of nitrogens with one attached hydrogen (secondary N) is 1. The minimum absolute atomic E-state index is 0.0733. The van der Waals surface area contributed by atoms with E-state index in [1.165, 1.54) is 12.1 Å². The van der Waals surface area contributed by atoms with Crippen molar-refractivity contribution in [2.45, 2.75) is 19.6 Å². The van der Waals surface area contributed by atoms with Crippen molar-refractivity contribution in [3.8, 4) is 0 Å². The first-order chi connectivity index (χ1) is 8.63. The second-order valence-electron chi connectivity index (χ2n) is 3.87. The first kappa shape index (κ1) is 14.6. The molecule has 0 amide bonds. The lowest BCUT2D eigenvalue weighted by atomic mass is 10.2. The highest BCUT2D eigenvalue weighted by atomic mass is 16.6. The van der Waals surface area contributed by atoms with Crippen LogP contribution in [0.5, 0.6) is 0 Å². The van der Waals surface area contributed by atoms with Gasteiger partial charge in [-0.1, -0.05) is 12.1 Å². The van der Waals surface area contributed by atoms with Crippen molar-refractivity contribution in [3.05, 3.63) is 39.9 Å². The quantitative estimate of drug-likeness (QED) is 0.535. The Morgan fingerprint density at radius 1 is 1.56 bits per heavy atom. The van der Waals surface area contributed by atoms with Crippen LogP contribution in [0.25, 0.3) is 0 Å². The summed E-state index contributed by atoms with van der Waals surface area (Å²) in [7, 11) is 0. The Bertz CT molecular complexity index is 384. The molecule has 0 spiro atoms. The Kier molecular flexibility index (Phi) is 6.27. The zero-order chi connectivity index (χ0) is 13.4. The molecule has 2 N–H and O–H groups in total. The highest BCUT2D eigenvalue weighted by molar-refractivity contribution is 5.34. The monoisotopic (exact) mass is 254 g/mol. The second kappa shape index (κ2) is 7.75. The van der Waals surface area contributed by atoms with Crippen LogP contribution >= 0.6 is 0 Å². The number of non-ortho nitro benzene ring substituents is 1. The van der Waals surface area contributed by atoms with E-state index in [2.05, 4.69) is 5.32 Å². The lowest BCUT2D eigenvalue weighted by Gasteiger charge is -2.11. The third-order valence-electron chi connectivity index (χ3n) is 2.34. The lowest BCUT2D eigenvalue weighted by molar-refractivity contribution is -0.384. The fraction of sp³-hybridized carbons (Fsp3) is 0.500. The first-order valence-electron chi connectivity index (χ1n) is 5.83. The van der Waals surface area contributed by atoms with Crippen molar-refractivity contribution in [3.63, 3.8) is 0 Å². The SMILES string of the molecule is CCOCC(O)CNCc1cccc([N+](=O)[O-])c1. The van der Waals surface area contributed by atoms with E-state index >= 15 is 0 Å². The molecule has 6 heteroatoms. The van der Waals surface area contributed by atoms with Gasteiger partial charge in [-0.3, -0.25) is 10.1 Å². The van der Waals surface area contributed by atoms with Crippen LogP contribution in [-0.2, 0) is 11.3 Å². The molecule has 0 aromatic heterocycles. The molecule has 0 aliphatic heterocycles. The van der Waals surface area contributed by atoms with Crippen molar-refractivity contribution in [2.24, 2.45) is 0 Å². The number of nitro benzene ring substituents is 1. The molecule has 1 atom stereocenters. The Labute approximate surface area is 106 Å². The minimum atomic E-state index is -0.566. The molecule has 0 radical (unpaired) electrons. The van der Waals surface area contributed by atoms with Crippen LogP contribution in [-0.4, -0.2) is 35.9 Å². The van der Waals surface area contributed by atoms with Crippen LogP contribution in [0.4, 0.5) is 5.69 Å². The van der Waals surface area contributed by atoms with Gasteiger partial charge in [0.25, 0.3) is 5.69 Å². The Hall–Kier alpha value is -1.50. The second-order valence-corrected chi connectivity index (χ2v) is 3.87. The molecule has 18 heavy (non-hydrogen) atoms. The maximum atomic E-state index is 10.6. The third-order valence-corrected chi connectivity index (χ3v) is 2.34. The molecule has 1 rings (SSSR count). The zero-order valence-corrected chi connectivity index (χ0v) is 10.3. The minimum Gasteiger partial charge on any atom is -0.389 e. The van der Waals surface area contributed by atoms with Gasteiger partial charge >= 0.3 is 0 Å². The number of aliphatic hydroxyl groups is 1. The van der Waals surface area contributed by atoms with E-state index in [-0.39, 0.29) is 5.69 Å². The highest BCUT2D eigenvalue weighted by Gasteiger charge is 2.06. The predicted octanol–water partition coefficient (Wildman–Crippen LogP) is 1.08. The number of nitro groups is 1. The van der Waals surface area contributed by atoms with Crippen molar-refractivity contribution < 1.29 is 14.8 Å². The van der Waals surface area contributed by atoms with Crippen LogP contribution in [0.1, 0.15) is 12.5 Å². The fourth-order valence-electron chi connectivity index (χ4n) is 1.48. The molecular weight excluding hydrogens is 236 g/mol. The maximum Gasteiger partial charge on any atom is 0.269 e. The van der Waals surface area contributed by atoms with Gasteiger partial charge in [0.2, 0.25) is 0 Å². The van der Waals surface area contributed by atoms with Gasteiger partial charge in [-0.25, -0.2) is 0 Å². The van der Waals surface area contributed by atoms with Crippen LogP contribution < -0.4 is 5.32 Å². The van der Waals surface area contributed by atoms with Crippen molar-refractivity contribution in [1.29, 1.82) is 0 Å². The van der Waals surface area contributed by atoms with Gasteiger partial charge in [-0.05, 0) is 12.5 Å². The summed E-state index contributed by atoms with van der Waals surface area (Å²) < 4.78 is 5.07. The van der Waals surface area contributed by atoms with Crippen molar-refractivity contribution in [1.82, 2.24) is 5.32 Å². The van der Waals surface area contributed by atoms with Gasteiger partial charge in [0.15, 0.2) is 0 Å². The maximum absolute atomic E-state index is 10.6. The van der Waals surface area contributed by atoms with Gasteiger partial charge in [-0.2, -0.15) is 0 Å².